The Morgan fingerprint density at radius 3 is 3.00 bits per heavy atom. The first kappa shape index (κ1) is 7.06. The second-order valence-electron chi connectivity index (χ2n) is 3.75. The smallest absolute Gasteiger partial charge is 0.155 e. The summed E-state index contributed by atoms with van der Waals surface area (Å²) >= 11 is 0. The number of pyridine rings is 1. The topological polar surface area (TPSA) is 30.2 Å². The molecule has 3 rings (SSSR count). The quantitative estimate of drug-likeness (QED) is 0.659. The summed E-state index contributed by atoms with van der Waals surface area (Å²) in [6, 6.07) is 4.09. The van der Waals surface area contributed by atoms with Crippen LogP contribution in [0.3, 0.4) is 0 Å². The lowest BCUT2D eigenvalue weighted by molar-refractivity contribution is 0.874. The Balaban J connectivity index is 2.20. The molecule has 0 aromatic carbocycles. The van der Waals surface area contributed by atoms with Crippen molar-refractivity contribution >= 4 is 5.65 Å². The fourth-order valence-electron chi connectivity index (χ4n) is 1.52. The van der Waals surface area contributed by atoms with Crippen LogP contribution in [0.5, 0.6) is 0 Å². The monoisotopic (exact) mass is 173 g/mol. The molecule has 0 saturated heterocycles. The van der Waals surface area contributed by atoms with E-state index in [1.54, 1.807) is 0 Å². The molecule has 0 unspecified atom stereocenters. The van der Waals surface area contributed by atoms with Gasteiger partial charge in [-0.1, -0.05) is 6.07 Å². The van der Waals surface area contributed by atoms with Gasteiger partial charge in [0, 0.05) is 12.1 Å². The number of hydrogen-bond donors (Lipinski definition) is 0. The maximum Gasteiger partial charge on any atom is 0.155 e. The van der Waals surface area contributed by atoms with Crippen LogP contribution in [0.15, 0.2) is 18.3 Å². The molecule has 0 radical (unpaired) electrons. The largest absolute Gasteiger partial charge is 0.221 e. The normalized spacial score (nSPS) is 16.7. The first-order chi connectivity index (χ1) is 6.33. The molecule has 1 aliphatic rings. The van der Waals surface area contributed by atoms with E-state index >= 15 is 0 Å². The number of nitrogens with zero attached hydrogens (tertiary/aromatic N) is 3. The lowest BCUT2D eigenvalue weighted by atomic mass is 10.3. The van der Waals surface area contributed by atoms with Crippen LogP contribution in [-0.2, 0) is 0 Å². The average molecular weight is 173 g/mol. The first-order valence-electron chi connectivity index (χ1n) is 4.66. The third-order valence-corrected chi connectivity index (χ3v) is 2.44. The minimum Gasteiger partial charge on any atom is -0.221 e. The molecule has 1 fully saturated rings. The predicted octanol–water partition coefficient (Wildman–Crippen LogP) is 1.92. The molecule has 3 heteroatoms. The zero-order valence-electron chi connectivity index (χ0n) is 7.57. The van der Waals surface area contributed by atoms with Gasteiger partial charge in [-0.05, 0) is 31.4 Å². The van der Waals surface area contributed by atoms with Crippen molar-refractivity contribution in [2.75, 3.05) is 0 Å². The van der Waals surface area contributed by atoms with E-state index in [1.165, 1.54) is 18.4 Å². The van der Waals surface area contributed by atoms with Crippen molar-refractivity contribution in [1.82, 2.24) is 14.6 Å². The highest BCUT2D eigenvalue weighted by molar-refractivity contribution is 5.39. The van der Waals surface area contributed by atoms with E-state index < -0.39 is 0 Å². The van der Waals surface area contributed by atoms with Crippen LogP contribution in [0, 0.1) is 6.92 Å². The summed E-state index contributed by atoms with van der Waals surface area (Å²) in [6.45, 7) is 2.07. The Bertz CT molecular complexity index is 454. The Kier molecular flexibility index (Phi) is 1.26. The van der Waals surface area contributed by atoms with Crippen LogP contribution in [0.25, 0.3) is 5.65 Å². The summed E-state index contributed by atoms with van der Waals surface area (Å²) in [5.74, 6) is 1.66. The number of aromatic nitrogens is 3. The molecule has 0 atom stereocenters. The van der Waals surface area contributed by atoms with Gasteiger partial charge in [0.05, 0.1) is 0 Å². The van der Waals surface area contributed by atoms with Crippen molar-refractivity contribution in [2.24, 2.45) is 0 Å². The summed E-state index contributed by atoms with van der Waals surface area (Å²) in [5, 5.41) is 4.44. The van der Waals surface area contributed by atoms with E-state index in [-0.39, 0.29) is 0 Å². The van der Waals surface area contributed by atoms with Gasteiger partial charge in [-0.2, -0.15) is 5.10 Å². The fraction of sp³-hybridized carbons (Fsp3) is 0.400. The third-order valence-electron chi connectivity index (χ3n) is 2.44. The van der Waals surface area contributed by atoms with Gasteiger partial charge in [-0.15, -0.1) is 0 Å². The SMILES string of the molecule is Cc1ccc2nc(C3CC3)nn2c1. The molecule has 0 aliphatic heterocycles. The lowest BCUT2D eigenvalue weighted by Gasteiger charge is -1.91. The van der Waals surface area contributed by atoms with Crippen molar-refractivity contribution < 1.29 is 0 Å². The molecule has 2 heterocycles. The molecular weight excluding hydrogens is 162 g/mol. The zero-order chi connectivity index (χ0) is 8.84. The highest BCUT2D eigenvalue weighted by Crippen LogP contribution is 2.38. The predicted molar refractivity (Wildman–Crippen MR) is 49.7 cm³/mol. The van der Waals surface area contributed by atoms with Crippen LogP contribution in [0.2, 0.25) is 0 Å². The summed E-state index contributed by atoms with van der Waals surface area (Å²) in [7, 11) is 0. The standard InChI is InChI=1S/C10H11N3/c1-7-2-5-9-11-10(8-3-4-8)12-13(9)6-7/h2,5-6,8H,3-4H2,1H3. The first-order valence-corrected chi connectivity index (χ1v) is 4.66. The molecule has 66 valence electrons. The van der Waals surface area contributed by atoms with Crippen LogP contribution in [0.1, 0.15) is 30.1 Å². The minimum absolute atomic E-state index is 0.639. The molecule has 0 bridgehead atoms. The number of aryl methyl sites for hydroxylation is 1. The van der Waals surface area contributed by atoms with Gasteiger partial charge < -0.3 is 0 Å². The number of hydrogen-bond acceptors (Lipinski definition) is 2. The molecule has 0 spiro atoms. The Morgan fingerprint density at radius 2 is 2.23 bits per heavy atom. The van der Waals surface area contributed by atoms with Gasteiger partial charge in [0.15, 0.2) is 11.5 Å². The molecule has 0 N–H and O–H groups in total. The Hall–Kier alpha value is -1.38. The van der Waals surface area contributed by atoms with Crippen molar-refractivity contribution in [1.29, 1.82) is 0 Å². The van der Waals surface area contributed by atoms with E-state index in [2.05, 4.69) is 23.1 Å². The van der Waals surface area contributed by atoms with Crippen LogP contribution >= 0.6 is 0 Å². The lowest BCUT2D eigenvalue weighted by Crippen LogP contribution is -1.88. The van der Waals surface area contributed by atoms with E-state index in [1.807, 2.05) is 16.8 Å². The highest BCUT2D eigenvalue weighted by Gasteiger charge is 2.27. The molecule has 2 aromatic heterocycles. The van der Waals surface area contributed by atoms with E-state index in [0.29, 0.717) is 5.92 Å². The summed E-state index contributed by atoms with van der Waals surface area (Å²) in [5.41, 5.74) is 2.19. The third kappa shape index (κ3) is 1.11. The fourth-order valence-corrected chi connectivity index (χ4v) is 1.52. The van der Waals surface area contributed by atoms with Gasteiger partial charge in [-0.3, -0.25) is 0 Å². The number of rotatable bonds is 1. The van der Waals surface area contributed by atoms with Crippen LogP contribution in [0.4, 0.5) is 0 Å². The van der Waals surface area contributed by atoms with Crippen molar-refractivity contribution in [2.45, 2.75) is 25.7 Å². The van der Waals surface area contributed by atoms with E-state index in [0.717, 1.165) is 11.5 Å². The second-order valence-corrected chi connectivity index (χ2v) is 3.75. The van der Waals surface area contributed by atoms with Gasteiger partial charge in [-0.25, -0.2) is 9.50 Å². The number of fused-ring (bicyclic) bond motifs is 1. The Labute approximate surface area is 76.4 Å². The van der Waals surface area contributed by atoms with Crippen molar-refractivity contribution in [3.8, 4) is 0 Å². The second kappa shape index (κ2) is 2.31. The Morgan fingerprint density at radius 1 is 1.38 bits per heavy atom. The van der Waals surface area contributed by atoms with E-state index in [9.17, 15) is 0 Å². The van der Waals surface area contributed by atoms with Gasteiger partial charge in [0.2, 0.25) is 0 Å². The molecular formula is C10H11N3. The summed E-state index contributed by atoms with van der Waals surface area (Å²) in [4.78, 5) is 4.47. The van der Waals surface area contributed by atoms with Crippen molar-refractivity contribution in [3.63, 3.8) is 0 Å². The average Bonchev–Trinajstić information content (AvgIpc) is 2.87. The molecule has 1 saturated carbocycles. The zero-order valence-corrected chi connectivity index (χ0v) is 7.57. The van der Waals surface area contributed by atoms with Crippen LogP contribution < -0.4 is 0 Å². The molecule has 2 aromatic rings. The minimum atomic E-state index is 0.639. The summed E-state index contributed by atoms with van der Waals surface area (Å²) < 4.78 is 1.88. The molecule has 0 amide bonds. The summed E-state index contributed by atoms with van der Waals surface area (Å²) in [6.07, 6.45) is 4.54. The maximum absolute atomic E-state index is 4.47. The highest BCUT2D eigenvalue weighted by atomic mass is 15.3. The molecule has 13 heavy (non-hydrogen) atoms. The maximum atomic E-state index is 4.47. The van der Waals surface area contributed by atoms with Gasteiger partial charge >= 0.3 is 0 Å². The van der Waals surface area contributed by atoms with Crippen molar-refractivity contribution in [3.05, 3.63) is 29.7 Å². The molecule has 1 aliphatic carbocycles. The van der Waals surface area contributed by atoms with Gasteiger partial charge in [0.25, 0.3) is 0 Å². The van der Waals surface area contributed by atoms with Crippen LogP contribution in [-0.4, -0.2) is 14.6 Å². The van der Waals surface area contributed by atoms with E-state index in [4.69, 9.17) is 0 Å². The molecule has 3 nitrogen and oxygen atoms in total. The van der Waals surface area contributed by atoms with Gasteiger partial charge in [0.1, 0.15) is 0 Å².